The van der Waals surface area contributed by atoms with Gasteiger partial charge in [-0.15, -0.1) is 0 Å². The SMILES string of the molecule is COc1ccc2c(c1)C(=O)c1nccc3cc(OC)c(OC)c-2c13. The second-order valence-corrected chi connectivity index (χ2v) is 5.49. The van der Waals surface area contributed by atoms with Gasteiger partial charge in [0.15, 0.2) is 11.5 Å². The molecule has 1 aliphatic carbocycles. The number of carbonyl (C=O) groups excluding carboxylic acids is 1. The first kappa shape index (κ1) is 14.5. The zero-order valence-electron chi connectivity index (χ0n) is 13.5. The van der Waals surface area contributed by atoms with Gasteiger partial charge in [-0.1, -0.05) is 0 Å². The number of carbonyl (C=O) groups is 1. The van der Waals surface area contributed by atoms with Crippen LogP contribution in [-0.4, -0.2) is 32.1 Å². The molecule has 120 valence electrons. The van der Waals surface area contributed by atoms with E-state index in [-0.39, 0.29) is 5.78 Å². The van der Waals surface area contributed by atoms with Crippen LogP contribution in [0.4, 0.5) is 0 Å². The number of benzene rings is 2. The van der Waals surface area contributed by atoms with Gasteiger partial charge in [0.1, 0.15) is 11.4 Å². The summed E-state index contributed by atoms with van der Waals surface area (Å²) in [7, 11) is 4.77. The summed E-state index contributed by atoms with van der Waals surface area (Å²) in [6.07, 6.45) is 1.64. The molecular weight excluding hydrogens is 306 g/mol. The molecule has 4 rings (SSSR count). The minimum Gasteiger partial charge on any atom is -0.497 e. The number of aromatic nitrogens is 1. The van der Waals surface area contributed by atoms with E-state index in [1.807, 2.05) is 24.3 Å². The van der Waals surface area contributed by atoms with Crippen molar-refractivity contribution in [3.05, 3.63) is 47.8 Å². The summed E-state index contributed by atoms with van der Waals surface area (Å²) in [5.41, 5.74) is 2.59. The molecule has 0 radical (unpaired) electrons. The molecule has 0 bridgehead atoms. The molecule has 0 N–H and O–H groups in total. The molecule has 5 nitrogen and oxygen atoms in total. The molecule has 1 aromatic heterocycles. The van der Waals surface area contributed by atoms with Crippen LogP contribution in [0, 0.1) is 0 Å². The van der Waals surface area contributed by atoms with Crippen LogP contribution in [0.15, 0.2) is 36.5 Å². The van der Waals surface area contributed by atoms with Crippen molar-refractivity contribution < 1.29 is 19.0 Å². The Hall–Kier alpha value is -3.08. The molecule has 3 aromatic rings. The third-order valence-corrected chi connectivity index (χ3v) is 4.35. The lowest BCUT2D eigenvalue weighted by Crippen LogP contribution is -2.13. The lowest BCUT2D eigenvalue weighted by molar-refractivity contribution is 0.103. The summed E-state index contributed by atoms with van der Waals surface area (Å²) < 4.78 is 16.4. The van der Waals surface area contributed by atoms with Crippen molar-refractivity contribution in [3.8, 4) is 28.4 Å². The van der Waals surface area contributed by atoms with Gasteiger partial charge in [-0.3, -0.25) is 9.78 Å². The molecule has 0 unspecified atom stereocenters. The first-order valence-corrected chi connectivity index (χ1v) is 7.46. The fourth-order valence-corrected chi connectivity index (χ4v) is 3.27. The van der Waals surface area contributed by atoms with Crippen LogP contribution in [0.3, 0.4) is 0 Å². The molecule has 5 heteroatoms. The van der Waals surface area contributed by atoms with Gasteiger partial charge in [-0.05, 0) is 41.3 Å². The van der Waals surface area contributed by atoms with Crippen molar-refractivity contribution in [3.63, 3.8) is 0 Å². The highest BCUT2D eigenvalue weighted by Gasteiger charge is 2.31. The van der Waals surface area contributed by atoms with Gasteiger partial charge in [0.05, 0.1) is 21.3 Å². The number of rotatable bonds is 3. The lowest BCUT2D eigenvalue weighted by Gasteiger charge is -2.23. The Labute approximate surface area is 138 Å². The maximum absolute atomic E-state index is 12.9. The predicted octanol–water partition coefficient (Wildman–Crippen LogP) is 3.47. The first-order chi connectivity index (χ1) is 11.7. The minimum atomic E-state index is -0.116. The van der Waals surface area contributed by atoms with Gasteiger partial charge < -0.3 is 14.2 Å². The molecule has 0 saturated heterocycles. The Balaban J connectivity index is 2.21. The average molecular weight is 321 g/mol. The molecule has 0 amide bonds. The second kappa shape index (κ2) is 5.23. The number of nitrogens with zero attached hydrogens (tertiary/aromatic N) is 1. The third kappa shape index (κ3) is 1.81. The van der Waals surface area contributed by atoms with E-state index in [0.29, 0.717) is 28.5 Å². The number of hydrogen-bond donors (Lipinski definition) is 0. The summed E-state index contributed by atoms with van der Waals surface area (Å²) in [6.45, 7) is 0. The Kier molecular flexibility index (Phi) is 3.16. The van der Waals surface area contributed by atoms with E-state index in [1.165, 1.54) is 0 Å². The molecule has 24 heavy (non-hydrogen) atoms. The number of fused-ring (bicyclic) bond motifs is 2. The summed E-state index contributed by atoms with van der Waals surface area (Å²) in [5, 5.41) is 1.68. The Bertz CT molecular complexity index is 994. The van der Waals surface area contributed by atoms with Crippen LogP contribution in [0.1, 0.15) is 16.1 Å². The zero-order valence-corrected chi connectivity index (χ0v) is 13.5. The number of ketones is 1. The van der Waals surface area contributed by atoms with Crippen molar-refractivity contribution in [2.24, 2.45) is 0 Å². The van der Waals surface area contributed by atoms with Crippen LogP contribution in [0.5, 0.6) is 17.2 Å². The highest BCUT2D eigenvalue weighted by molar-refractivity contribution is 6.26. The third-order valence-electron chi connectivity index (χ3n) is 4.35. The summed E-state index contributed by atoms with van der Waals surface area (Å²) >= 11 is 0. The van der Waals surface area contributed by atoms with E-state index in [1.54, 1.807) is 33.6 Å². The summed E-state index contributed by atoms with van der Waals surface area (Å²) in [6, 6.07) is 9.17. The lowest BCUT2D eigenvalue weighted by atomic mass is 9.84. The van der Waals surface area contributed by atoms with Crippen LogP contribution in [0.25, 0.3) is 21.9 Å². The largest absolute Gasteiger partial charge is 0.497 e. The molecule has 0 spiro atoms. The van der Waals surface area contributed by atoms with Crippen molar-refractivity contribution in [1.29, 1.82) is 0 Å². The normalized spacial score (nSPS) is 12.0. The van der Waals surface area contributed by atoms with E-state index in [4.69, 9.17) is 14.2 Å². The molecule has 0 saturated carbocycles. The average Bonchev–Trinajstić information content (AvgIpc) is 2.64. The van der Waals surface area contributed by atoms with Crippen molar-refractivity contribution >= 4 is 16.6 Å². The molecule has 2 aromatic carbocycles. The smallest absolute Gasteiger partial charge is 0.212 e. The van der Waals surface area contributed by atoms with Gasteiger partial charge in [0.2, 0.25) is 5.78 Å². The van der Waals surface area contributed by atoms with Gasteiger partial charge >= 0.3 is 0 Å². The molecule has 0 fully saturated rings. The molecule has 1 heterocycles. The van der Waals surface area contributed by atoms with Gasteiger partial charge in [0, 0.05) is 22.7 Å². The molecule has 0 aliphatic heterocycles. The van der Waals surface area contributed by atoms with E-state index in [9.17, 15) is 4.79 Å². The van der Waals surface area contributed by atoms with Crippen molar-refractivity contribution in [2.75, 3.05) is 21.3 Å². The fourth-order valence-electron chi connectivity index (χ4n) is 3.27. The minimum absolute atomic E-state index is 0.116. The van der Waals surface area contributed by atoms with Crippen molar-refractivity contribution in [1.82, 2.24) is 4.98 Å². The second-order valence-electron chi connectivity index (χ2n) is 5.49. The van der Waals surface area contributed by atoms with Crippen molar-refractivity contribution in [2.45, 2.75) is 0 Å². The Morgan fingerprint density at radius 2 is 1.75 bits per heavy atom. The van der Waals surface area contributed by atoms with E-state index in [2.05, 4.69) is 4.98 Å². The highest BCUT2D eigenvalue weighted by Crippen LogP contribution is 2.49. The molecule has 0 atom stereocenters. The Morgan fingerprint density at radius 3 is 2.46 bits per heavy atom. The molecule has 1 aliphatic rings. The summed E-state index contributed by atoms with van der Waals surface area (Å²) in [5.74, 6) is 1.72. The quantitative estimate of drug-likeness (QED) is 0.578. The topological polar surface area (TPSA) is 57.7 Å². The number of hydrogen-bond acceptors (Lipinski definition) is 5. The fraction of sp³-hybridized carbons (Fsp3) is 0.158. The van der Waals surface area contributed by atoms with Gasteiger partial charge in [-0.2, -0.15) is 0 Å². The maximum atomic E-state index is 12.9. The van der Waals surface area contributed by atoms with E-state index >= 15 is 0 Å². The van der Waals surface area contributed by atoms with Gasteiger partial charge in [-0.25, -0.2) is 0 Å². The van der Waals surface area contributed by atoms with E-state index < -0.39 is 0 Å². The summed E-state index contributed by atoms with van der Waals surface area (Å²) in [4.78, 5) is 17.2. The molecular formula is C19H15NO4. The highest BCUT2D eigenvalue weighted by atomic mass is 16.5. The number of methoxy groups -OCH3 is 3. The zero-order chi connectivity index (χ0) is 16.8. The van der Waals surface area contributed by atoms with Gasteiger partial charge in [0.25, 0.3) is 0 Å². The standard InChI is InChI=1S/C19H15NO4/c1-22-11-4-5-12-13(9-11)18(21)17-15-10(6-7-20-17)8-14(23-2)19(24-3)16(12)15/h4-9H,1-3H3. The van der Waals surface area contributed by atoms with Crippen LogP contribution >= 0.6 is 0 Å². The predicted molar refractivity (Wildman–Crippen MR) is 90.3 cm³/mol. The van der Waals surface area contributed by atoms with E-state index in [0.717, 1.165) is 21.9 Å². The van der Waals surface area contributed by atoms with Crippen LogP contribution < -0.4 is 14.2 Å². The number of pyridine rings is 1. The monoisotopic (exact) mass is 321 g/mol. The first-order valence-electron chi connectivity index (χ1n) is 7.46. The Morgan fingerprint density at radius 1 is 0.917 bits per heavy atom. The maximum Gasteiger partial charge on any atom is 0.212 e. The van der Waals surface area contributed by atoms with Crippen LogP contribution in [0.2, 0.25) is 0 Å². The number of ether oxygens (including phenoxy) is 3. The van der Waals surface area contributed by atoms with Crippen LogP contribution in [-0.2, 0) is 0 Å².